The maximum atomic E-state index is 12.8. The molecule has 1 atom stereocenters. The van der Waals surface area contributed by atoms with E-state index >= 15 is 0 Å². The Morgan fingerprint density at radius 3 is 2.88 bits per heavy atom. The molecule has 2 aromatic rings. The van der Waals surface area contributed by atoms with Crippen molar-refractivity contribution in [1.29, 1.82) is 0 Å². The predicted octanol–water partition coefficient (Wildman–Crippen LogP) is 2.75. The molecule has 0 aromatic carbocycles. The van der Waals surface area contributed by atoms with Crippen molar-refractivity contribution in [2.45, 2.75) is 38.1 Å². The van der Waals surface area contributed by atoms with E-state index in [0.717, 1.165) is 12.8 Å². The van der Waals surface area contributed by atoms with Crippen LogP contribution in [-0.2, 0) is 4.79 Å². The fourth-order valence-corrected chi connectivity index (χ4v) is 3.29. The minimum atomic E-state index is -0.515. The maximum absolute atomic E-state index is 12.8. The topological polar surface area (TPSA) is 89.3 Å². The summed E-state index contributed by atoms with van der Waals surface area (Å²) in [6.45, 7) is 0. The third-order valence-electron chi connectivity index (χ3n) is 4.52. The first-order chi connectivity index (χ1) is 11.7. The molecule has 24 heavy (non-hydrogen) atoms. The Morgan fingerprint density at radius 2 is 2.25 bits per heavy atom. The predicted molar refractivity (Wildman–Crippen MR) is 88.9 cm³/mol. The van der Waals surface area contributed by atoms with Crippen molar-refractivity contribution in [1.82, 2.24) is 14.5 Å². The zero-order valence-corrected chi connectivity index (χ0v) is 13.7. The lowest BCUT2D eigenvalue weighted by molar-refractivity contribution is -0.119. The molecular weight excluding hydrogens is 308 g/mol. The number of amides is 1. The lowest BCUT2D eigenvalue weighted by Gasteiger charge is -2.22. The second kappa shape index (κ2) is 7.33. The van der Waals surface area contributed by atoms with Gasteiger partial charge in [-0.2, -0.15) is 0 Å². The van der Waals surface area contributed by atoms with Gasteiger partial charge < -0.3 is 19.7 Å². The van der Waals surface area contributed by atoms with Crippen LogP contribution in [0, 0.1) is 5.92 Å². The van der Waals surface area contributed by atoms with Crippen molar-refractivity contribution in [2.75, 3.05) is 12.4 Å². The Bertz CT molecular complexity index is 680. The smallest absolute Gasteiger partial charge is 0.248 e. The molecule has 1 amide bonds. The van der Waals surface area contributed by atoms with E-state index in [4.69, 9.17) is 4.74 Å². The highest BCUT2D eigenvalue weighted by atomic mass is 16.5. The van der Waals surface area contributed by atoms with Gasteiger partial charge in [-0.1, -0.05) is 25.7 Å². The van der Waals surface area contributed by atoms with Crippen molar-refractivity contribution in [3.8, 4) is 11.6 Å². The Morgan fingerprint density at radius 1 is 1.46 bits per heavy atom. The van der Waals surface area contributed by atoms with E-state index in [1.807, 2.05) is 0 Å². The number of methoxy groups -OCH3 is 1. The number of anilines is 1. The monoisotopic (exact) mass is 330 g/mol. The quantitative estimate of drug-likeness (QED) is 0.850. The van der Waals surface area contributed by atoms with E-state index in [1.54, 1.807) is 17.0 Å². The van der Waals surface area contributed by atoms with Crippen molar-refractivity contribution in [3.63, 3.8) is 0 Å². The minimum absolute atomic E-state index is 0.0177. The van der Waals surface area contributed by atoms with E-state index in [0.29, 0.717) is 23.9 Å². The van der Waals surface area contributed by atoms with Crippen LogP contribution in [0.25, 0.3) is 0 Å². The molecule has 2 aromatic heterocycles. The number of carbonyl (C=O) groups is 1. The zero-order chi connectivity index (χ0) is 16.9. The highest BCUT2D eigenvalue weighted by Crippen LogP contribution is 2.35. The number of aromatic nitrogens is 3. The number of nitrogens with one attached hydrogen (secondary N) is 1. The first kappa shape index (κ1) is 16.3. The lowest BCUT2D eigenvalue weighted by Crippen LogP contribution is -2.27. The molecule has 0 bridgehead atoms. The molecule has 0 unspecified atom stereocenters. The summed E-state index contributed by atoms with van der Waals surface area (Å²) >= 11 is 0. The van der Waals surface area contributed by atoms with Crippen LogP contribution < -0.4 is 10.1 Å². The summed E-state index contributed by atoms with van der Waals surface area (Å²) in [5, 5.41) is 13.0. The van der Waals surface area contributed by atoms with Gasteiger partial charge in [0.2, 0.25) is 5.91 Å². The summed E-state index contributed by atoms with van der Waals surface area (Å²) in [5.41, 5.74) is 0. The molecule has 0 radical (unpaired) electrons. The average Bonchev–Trinajstić information content (AvgIpc) is 3.23. The van der Waals surface area contributed by atoms with Crippen LogP contribution in [0.2, 0.25) is 0 Å². The van der Waals surface area contributed by atoms with Crippen LogP contribution in [0.1, 0.15) is 38.1 Å². The van der Waals surface area contributed by atoms with Crippen LogP contribution in [0.5, 0.6) is 11.6 Å². The van der Waals surface area contributed by atoms with Crippen molar-refractivity contribution in [2.24, 2.45) is 5.92 Å². The number of rotatable bonds is 6. The van der Waals surface area contributed by atoms with Crippen LogP contribution in [0.4, 0.5) is 5.82 Å². The molecule has 0 spiro atoms. The van der Waals surface area contributed by atoms with E-state index in [2.05, 4.69) is 15.3 Å². The Balaban J connectivity index is 1.82. The molecule has 1 fully saturated rings. The molecule has 2 heterocycles. The third-order valence-corrected chi connectivity index (χ3v) is 4.52. The molecule has 0 aliphatic heterocycles. The SMILES string of the molecule is COc1cc(O)n([C@@H](CC2CCCC2)C(=O)Nc2cnccn2)c1. The number of aromatic hydroxyl groups is 1. The van der Waals surface area contributed by atoms with Crippen molar-refractivity contribution < 1.29 is 14.6 Å². The Hall–Kier alpha value is -2.57. The summed E-state index contributed by atoms with van der Waals surface area (Å²) in [6.07, 6.45) is 11.5. The molecule has 7 nitrogen and oxygen atoms in total. The number of ether oxygens (including phenoxy) is 1. The van der Waals surface area contributed by atoms with Crippen LogP contribution >= 0.6 is 0 Å². The standard InChI is InChI=1S/C17H22N4O3/c1-24-13-9-16(22)21(11-13)14(8-12-4-2-3-5-12)17(23)20-15-10-18-6-7-19-15/h6-7,9-12,14,22H,2-5,8H2,1H3,(H,19,20,23)/t14-/m0/s1. The average molecular weight is 330 g/mol. The largest absolute Gasteiger partial charge is 0.495 e. The van der Waals surface area contributed by atoms with Crippen LogP contribution in [-0.4, -0.2) is 32.7 Å². The normalized spacial score (nSPS) is 16.0. The van der Waals surface area contributed by atoms with Gasteiger partial charge in [0.15, 0.2) is 11.7 Å². The highest BCUT2D eigenvalue weighted by molar-refractivity contribution is 5.93. The highest BCUT2D eigenvalue weighted by Gasteiger charge is 2.28. The summed E-state index contributed by atoms with van der Waals surface area (Å²) < 4.78 is 6.73. The minimum Gasteiger partial charge on any atom is -0.495 e. The Kier molecular flexibility index (Phi) is 4.98. The van der Waals surface area contributed by atoms with Crippen LogP contribution in [0.15, 0.2) is 30.9 Å². The number of hydrogen-bond acceptors (Lipinski definition) is 5. The van der Waals surface area contributed by atoms with E-state index in [1.165, 1.54) is 38.4 Å². The van der Waals surface area contributed by atoms with Crippen molar-refractivity contribution >= 4 is 11.7 Å². The van der Waals surface area contributed by atoms with Gasteiger partial charge in [0.05, 0.1) is 19.5 Å². The summed E-state index contributed by atoms with van der Waals surface area (Å²) in [4.78, 5) is 20.8. The maximum Gasteiger partial charge on any atom is 0.248 e. The molecule has 1 saturated carbocycles. The van der Waals surface area contributed by atoms with Crippen LogP contribution in [0.3, 0.4) is 0 Å². The molecule has 128 valence electrons. The molecular formula is C17H22N4O3. The van der Waals surface area contributed by atoms with Gasteiger partial charge in [0.1, 0.15) is 11.8 Å². The van der Waals surface area contributed by atoms with Gasteiger partial charge in [-0.25, -0.2) is 4.98 Å². The molecule has 1 aliphatic carbocycles. The number of hydrogen-bond donors (Lipinski definition) is 2. The lowest BCUT2D eigenvalue weighted by atomic mass is 9.97. The molecule has 7 heteroatoms. The first-order valence-electron chi connectivity index (χ1n) is 8.19. The summed E-state index contributed by atoms with van der Waals surface area (Å²) in [6, 6.07) is 0.996. The van der Waals surface area contributed by atoms with Gasteiger partial charge in [0, 0.05) is 18.5 Å². The fraction of sp³-hybridized carbons (Fsp3) is 0.471. The third kappa shape index (κ3) is 3.67. The van der Waals surface area contributed by atoms with Gasteiger partial charge in [-0.3, -0.25) is 9.78 Å². The van der Waals surface area contributed by atoms with Gasteiger partial charge >= 0.3 is 0 Å². The van der Waals surface area contributed by atoms with Gasteiger partial charge in [0.25, 0.3) is 0 Å². The molecule has 2 N–H and O–H groups in total. The summed E-state index contributed by atoms with van der Waals surface area (Å²) in [5.74, 6) is 1.21. The van der Waals surface area contributed by atoms with Gasteiger partial charge in [-0.05, 0) is 12.3 Å². The second-order valence-corrected chi connectivity index (χ2v) is 6.13. The van der Waals surface area contributed by atoms with E-state index < -0.39 is 6.04 Å². The fourth-order valence-electron chi connectivity index (χ4n) is 3.29. The number of carbonyl (C=O) groups excluding carboxylic acids is 1. The molecule has 1 aliphatic rings. The number of nitrogens with zero attached hydrogens (tertiary/aromatic N) is 3. The van der Waals surface area contributed by atoms with Crippen molar-refractivity contribution in [3.05, 3.63) is 30.9 Å². The second-order valence-electron chi connectivity index (χ2n) is 6.13. The first-order valence-corrected chi connectivity index (χ1v) is 8.19. The summed E-state index contributed by atoms with van der Waals surface area (Å²) in [7, 11) is 1.53. The Labute approximate surface area is 140 Å². The zero-order valence-electron chi connectivity index (χ0n) is 13.7. The molecule has 3 rings (SSSR count). The van der Waals surface area contributed by atoms with Gasteiger partial charge in [-0.15, -0.1) is 0 Å². The van der Waals surface area contributed by atoms with E-state index in [-0.39, 0.29) is 11.8 Å². The molecule has 0 saturated heterocycles. The van der Waals surface area contributed by atoms with E-state index in [9.17, 15) is 9.90 Å².